The van der Waals surface area contributed by atoms with Gasteiger partial charge in [0.1, 0.15) is 5.69 Å². The maximum Gasteiger partial charge on any atom is 0.407 e. The summed E-state index contributed by atoms with van der Waals surface area (Å²) in [6.45, 7) is 7.49. The Balaban J connectivity index is 1.15. The number of ether oxygens (including phenoxy) is 1. The molecule has 2 saturated heterocycles. The second-order valence-corrected chi connectivity index (χ2v) is 10.9. The lowest BCUT2D eigenvalue weighted by atomic mass is 9.57. The Hall–Kier alpha value is -2.49. The molecule has 1 aromatic carbocycles. The van der Waals surface area contributed by atoms with E-state index < -0.39 is 22.2 Å². The lowest BCUT2D eigenvalue weighted by Crippen LogP contribution is -2.50. The zero-order valence-corrected chi connectivity index (χ0v) is 21.1. The van der Waals surface area contributed by atoms with E-state index in [9.17, 15) is 23.7 Å². The molecule has 1 N–H and O–H groups in total. The summed E-state index contributed by atoms with van der Waals surface area (Å²) in [4.78, 5) is 26.0. The van der Waals surface area contributed by atoms with Gasteiger partial charge in [-0.3, -0.25) is 10.1 Å². The predicted octanol–water partition coefficient (Wildman–Crippen LogP) is 5.11. The van der Waals surface area contributed by atoms with Crippen LogP contribution in [0.15, 0.2) is 12.1 Å². The van der Waals surface area contributed by atoms with Crippen molar-refractivity contribution >= 4 is 17.5 Å². The Labute approximate surface area is 211 Å². The highest BCUT2D eigenvalue weighted by molar-refractivity contribution is 5.67. The van der Waals surface area contributed by atoms with Gasteiger partial charge in [0.25, 0.3) is 5.69 Å². The number of benzene rings is 1. The average Bonchev–Trinajstić information content (AvgIpc) is 2.83. The molecular weight excluding hydrogens is 470 g/mol. The van der Waals surface area contributed by atoms with E-state index in [0.29, 0.717) is 43.5 Å². The number of nitro groups is 1. The molecule has 2 aliphatic heterocycles. The molecule has 1 saturated carbocycles. The predicted molar refractivity (Wildman–Crippen MR) is 133 cm³/mol. The molecule has 4 rings (SSSR count). The van der Waals surface area contributed by atoms with Gasteiger partial charge < -0.3 is 19.9 Å². The zero-order valence-electron chi connectivity index (χ0n) is 21.1. The maximum absolute atomic E-state index is 14.4. The summed E-state index contributed by atoms with van der Waals surface area (Å²) in [6, 6.07) is 1.60. The number of unbranched alkanes of at least 4 members (excludes halogenated alkanes) is 1. The van der Waals surface area contributed by atoms with Crippen LogP contribution in [0.4, 0.5) is 25.0 Å². The molecule has 3 aliphatic rings. The van der Waals surface area contributed by atoms with E-state index in [1.54, 1.807) is 4.90 Å². The molecule has 36 heavy (non-hydrogen) atoms. The summed E-state index contributed by atoms with van der Waals surface area (Å²) in [6.07, 6.45) is 8.00. The van der Waals surface area contributed by atoms with Crippen LogP contribution < -0.4 is 10.2 Å². The molecular formula is C26H38F2N4O4. The van der Waals surface area contributed by atoms with Crippen LogP contribution in [0.5, 0.6) is 0 Å². The van der Waals surface area contributed by atoms with E-state index >= 15 is 0 Å². The smallest absolute Gasteiger partial charge is 0.407 e. The summed E-state index contributed by atoms with van der Waals surface area (Å²) in [5.74, 6) is -0.718. The minimum atomic E-state index is -0.871. The summed E-state index contributed by atoms with van der Waals surface area (Å²) >= 11 is 0. The van der Waals surface area contributed by atoms with Gasteiger partial charge in [0.05, 0.1) is 23.7 Å². The minimum absolute atomic E-state index is 0.151. The first-order valence-electron chi connectivity index (χ1n) is 13.3. The number of likely N-dealkylation sites (tertiary alicyclic amines) is 1. The van der Waals surface area contributed by atoms with Crippen molar-refractivity contribution in [3.05, 3.63) is 33.9 Å². The molecule has 0 bridgehead atoms. The molecule has 0 aromatic heterocycles. The number of non-ortho nitro benzene ring substituents is 1. The third kappa shape index (κ3) is 6.44. The van der Waals surface area contributed by atoms with Gasteiger partial charge in [0.15, 0.2) is 11.6 Å². The van der Waals surface area contributed by atoms with Gasteiger partial charge in [-0.25, -0.2) is 13.6 Å². The van der Waals surface area contributed by atoms with Crippen LogP contribution in [0.25, 0.3) is 0 Å². The number of piperidine rings is 2. The molecule has 0 unspecified atom stereocenters. The number of amides is 1. The van der Waals surface area contributed by atoms with Gasteiger partial charge in [-0.15, -0.1) is 0 Å². The molecule has 1 spiro atoms. The van der Waals surface area contributed by atoms with Crippen molar-refractivity contribution in [1.29, 1.82) is 0 Å². The first-order valence-corrected chi connectivity index (χ1v) is 13.3. The summed E-state index contributed by atoms with van der Waals surface area (Å²) in [5.41, 5.74) is -0.295. The normalized spacial score (nSPS) is 20.8. The molecule has 3 fully saturated rings. The Morgan fingerprint density at radius 1 is 1.14 bits per heavy atom. The lowest BCUT2D eigenvalue weighted by Gasteiger charge is -2.53. The number of rotatable bonds is 9. The highest BCUT2D eigenvalue weighted by atomic mass is 19.1. The van der Waals surface area contributed by atoms with E-state index in [2.05, 4.69) is 17.1 Å². The summed E-state index contributed by atoms with van der Waals surface area (Å²) < 4.78 is 33.9. The van der Waals surface area contributed by atoms with E-state index in [1.165, 1.54) is 25.7 Å². The Morgan fingerprint density at radius 3 is 2.36 bits per heavy atom. The van der Waals surface area contributed by atoms with E-state index in [-0.39, 0.29) is 11.8 Å². The number of halogens is 2. The van der Waals surface area contributed by atoms with Crippen molar-refractivity contribution in [2.75, 3.05) is 50.8 Å². The van der Waals surface area contributed by atoms with Crippen LogP contribution >= 0.6 is 0 Å². The van der Waals surface area contributed by atoms with Crippen LogP contribution in [0.1, 0.15) is 58.3 Å². The summed E-state index contributed by atoms with van der Waals surface area (Å²) in [5, 5.41) is 13.7. The molecule has 1 amide bonds. The SMILES string of the molecule is CCCCOC(=O)NCC1CC2(CCN(CC3CCN(c4c(F)cc([N+](=O)[O-])cc4F)CC3)CC2)C1. The van der Waals surface area contributed by atoms with Gasteiger partial charge in [-0.05, 0) is 75.3 Å². The van der Waals surface area contributed by atoms with Gasteiger partial charge in [-0.2, -0.15) is 0 Å². The number of anilines is 1. The molecule has 1 aliphatic carbocycles. The van der Waals surface area contributed by atoms with Crippen LogP contribution in [-0.4, -0.2) is 61.8 Å². The number of alkyl carbamates (subject to hydrolysis) is 1. The number of hydrogen-bond acceptors (Lipinski definition) is 6. The quantitative estimate of drug-likeness (QED) is 0.283. The molecule has 8 nitrogen and oxygen atoms in total. The van der Waals surface area contributed by atoms with Crippen molar-refractivity contribution in [1.82, 2.24) is 10.2 Å². The maximum atomic E-state index is 14.4. The van der Waals surface area contributed by atoms with Gasteiger partial charge in [0.2, 0.25) is 0 Å². The second kappa shape index (κ2) is 11.7. The molecule has 2 heterocycles. The third-order valence-corrected chi connectivity index (χ3v) is 8.29. The number of nitro benzene ring substituents is 1. The molecule has 0 radical (unpaired) electrons. The number of nitrogens with zero attached hydrogens (tertiary/aromatic N) is 3. The first kappa shape index (κ1) is 26.6. The Morgan fingerprint density at radius 2 is 1.78 bits per heavy atom. The van der Waals surface area contributed by atoms with Crippen LogP contribution in [0.2, 0.25) is 0 Å². The Kier molecular flexibility index (Phi) is 8.64. The lowest BCUT2D eigenvalue weighted by molar-refractivity contribution is -0.385. The van der Waals surface area contributed by atoms with E-state index in [1.807, 2.05) is 0 Å². The second-order valence-electron chi connectivity index (χ2n) is 10.9. The largest absolute Gasteiger partial charge is 0.450 e. The average molecular weight is 509 g/mol. The van der Waals surface area contributed by atoms with Gasteiger partial charge in [0, 0.05) is 26.2 Å². The van der Waals surface area contributed by atoms with Gasteiger partial charge >= 0.3 is 6.09 Å². The molecule has 0 atom stereocenters. The monoisotopic (exact) mass is 508 g/mol. The van der Waals surface area contributed by atoms with Crippen LogP contribution in [0, 0.1) is 39.0 Å². The Bertz CT molecular complexity index is 900. The fourth-order valence-corrected chi connectivity index (χ4v) is 6.18. The number of nitrogens with one attached hydrogen (secondary N) is 1. The van der Waals surface area contributed by atoms with Crippen molar-refractivity contribution in [3.63, 3.8) is 0 Å². The highest BCUT2D eigenvalue weighted by Gasteiger charge is 2.45. The van der Waals surface area contributed by atoms with Crippen LogP contribution in [-0.2, 0) is 4.74 Å². The fraction of sp³-hybridized carbons (Fsp3) is 0.731. The highest BCUT2D eigenvalue weighted by Crippen LogP contribution is 2.52. The fourth-order valence-electron chi connectivity index (χ4n) is 6.18. The van der Waals surface area contributed by atoms with Gasteiger partial charge in [-0.1, -0.05) is 13.3 Å². The first-order chi connectivity index (χ1) is 17.3. The van der Waals surface area contributed by atoms with Crippen LogP contribution in [0.3, 0.4) is 0 Å². The molecule has 200 valence electrons. The number of hydrogen-bond donors (Lipinski definition) is 1. The standard InChI is InChI=1S/C26H38F2N4O4/c1-2-3-12-36-25(33)29-17-20-15-26(16-20)6-10-30(11-7-26)18-19-4-8-31(9-5-19)24-22(27)13-21(32(34)35)14-23(24)28/h13-14,19-20H,2-12,15-18H2,1H3,(H,29,33). The van der Waals surface area contributed by atoms with E-state index in [0.717, 1.165) is 57.5 Å². The van der Waals surface area contributed by atoms with Crippen molar-refractivity contribution in [3.8, 4) is 0 Å². The topological polar surface area (TPSA) is 88.0 Å². The van der Waals surface area contributed by atoms with Crippen molar-refractivity contribution < 1.29 is 23.2 Å². The molecule has 1 aromatic rings. The minimum Gasteiger partial charge on any atom is -0.450 e. The van der Waals surface area contributed by atoms with E-state index in [4.69, 9.17) is 4.74 Å². The third-order valence-electron chi connectivity index (χ3n) is 8.29. The zero-order chi connectivity index (χ0) is 25.7. The summed E-state index contributed by atoms with van der Waals surface area (Å²) in [7, 11) is 0. The number of carbonyl (C=O) groups excluding carboxylic acids is 1. The molecule has 10 heteroatoms. The van der Waals surface area contributed by atoms with Crippen molar-refractivity contribution in [2.24, 2.45) is 17.3 Å². The number of carbonyl (C=O) groups is 1. The van der Waals surface area contributed by atoms with Crippen molar-refractivity contribution in [2.45, 2.75) is 58.3 Å².